The van der Waals surface area contributed by atoms with E-state index in [-0.39, 0.29) is 0 Å². The highest BCUT2D eigenvalue weighted by Crippen LogP contribution is 2.28. The minimum atomic E-state index is 1.35. The highest BCUT2D eigenvalue weighted by atomic mass is 127. The van der Waals surface area contributed by atoms with Gasteiger partial charge in [0, 0.05) is 14.3 Å². The third-order valence-corrected chi connectivity index (χ3v) is 8.82. The molecule has 4 heteroatoms. The predicted octanol–water partition coefficient (Wildman–Crippen LogP) is 4.41. The highest BCUT2D eigenvalue weighted by Gasteiger charge is 2.07. The minimum Gasteiger partial charge on any atom is -0.0437 e. The van der Waals surface area contributed by atoms with E-state index in [2.05, 4.69) is 103 Å². The van der Waals surface area contributed by atoms with Crippen molar-refractivity contribution in [1.82, 2.24) is 0 Å². The van der Waals surface area contributed by atoms with Gasteiger partial charge in [-0.2, -0.15) is 0 Å². The van der Waals surface area contributed by atoms with Gasteiger partial charge in [0.25, 0.3) is 0 Å². The van der Waals surface area contributed by atoms with Crippen LogP contribution in [-0.2, 0) is 0 Å². The van der Waals surface area contributed by atoms with E-state index < -0.39 is 0 Å². The molecule has 0 fully saturated rings. The summed E-state index contributed by atoms with van der Waals surface area (Å²) in [6.45, 7) is 2.15. The average molecular weight is 596 g/mol. The fourth-order valence-corrected chi connectivity index (χ4v) is 4.03. The molecule has 0 saturated carbocycles. The molecular weight excluding hydrogens is 592 g/mol. The van der Waals surface area contributed by atoms with E-state index in [0.29, 0.717) is 0 Å². The zero-order valence-electron chi connectivity index (χ0n) is 5.59. The van der Waals surface area contributed by atoms with E-state index in [1.165, 1.54) is 19.8 Å². The molecule has 0 N–H and O–H groups in total. The lowest BCUT2D eigenvalue weighted by Gasteiger charge is -2.05. The van der Waals surface area contributed by atoms with E-state index in [0.717, 1.165) is 0 Å². The Bertz CT molecular complexity index is 267. The summed E-state index contributed by atoms with van der Waals surface area (Å²) in [7, 11) is 0. The Morgan fingerprint density at radius 3 is 2.00 bits per heavy atom. The Morgan fingerprint density at radius 2 is 1.45 bits per heavy atom. The van der Waals surface area contributed by atoms with Crippen LogP contribution in [0.2, 0.25) is 0 Å². The molecule has 1 aromatic rings. The topological polar surface area (TPSA) is 0 Å². The van der Waals surface area contributed by atoms with Gasteiger partial charge >= 0.3 is 0 Å². The summed E-state index contributed by atoms with van der Waals surface area (Å²) in [5.74, 6) is 0. The standard InChI is InChI=1S/C7H4I4/c1-3-2-4(8)6(10)7(11)5(3)9/h2H,1H3. The molecule has 0 nitrogen and oxygen atoms in total. The van der Waals surface area contributed by atoms with E-state index in [1.807, 2.05) is 0 Å². The van der Waals surface area contributed by atoms with Crippen molar-refractivity contribution in [1.29, 1.82) is 0 Å². The molecule has 1 rings (SSSR count). The normalized spacial score (nSPS) is 10.3. The average Bonchev–Trinajstić information content (AvgIpc) is 1.97. The van der Waals surface area contributed by atoms with Crippen LogP contribution < -0.4 is 0 Å². The fraction of sp³-hybridized carbons (Fsp3) is 0.143. The number of aryl methyl sites for hydroxylation is 1. The molecule has 0 atom stereocenters. The first-order valence-corrected chi connectivity index (χ1v) is 7.15. The SMILES string of the molecule is Cc1cc(I)c(I)c(I)c1I. The Morgan fingerprint density at radius 1 is 0.909 bits per heavy atom. The zero-order valence-corrected chi connectivity index (χ0v) is 14.2. The second kappa shape index (κ2) is 4.58. The van der Waals surface area contributed by atoms with Gasteiger partial charge in [0.15, 0.2) is 0 Å². The van der Waals surface area contributed by atoms with Crippen molar-refractivity contribution < 1.29 is 0 Å². The number of hydrogen-bond donors (Lipinski definition) is 0. The van der Waals surface area contributed by atoms with Gasteiger partial charge in [0.2, 0.25) is 0 Å². The van der Waals surface area contributed by atoms with Crippen LogP contribution in [0, 0.1) is 21.2 Å². The maximum absolute atomic E-state index is 2.40. The quantitative estimate of drug-likeness (QED) is 0.237. The number of benzene rings is 1. The molecule has 0 bridgehead atoms. The second-order valence-corrected chi connectivity index (χ2v) is 6.52. The second-order valence-electron chi connectivity index (χ2n) is 2.12. The van der Waals surface area contributed by atoms with Crippen LogP contribution in [0.5, 0.6) is 0 Å². The molecule has 11 heavy (non-hydrogen) atoms. The van der Waals surface area contributed by atoms with Crippen molar-refractivity contribution in [2.45, 2.75) is 6.92 Å². The van der Waals surface area contributed by atoms with Gasteiger partial charge in [0.05, 0.1) is 0 Å². The summed E-state index contributed by atoms with van der Waals surface area (Å²) in [6, 6.07) is 2.23. The summed E-state index contributed by atoms with van der Waals surface area (Å²) in [4.78, 5) is 0. The van der Waals surface area contributed by atoms with E-state index in [4.69, 9.17) is 0 Å². The Balaban J connectivity index is 3.46. The molecule has 0 saturated heterocycles. The van der Waals surface area contributed by atoms with Crippen molar-refractivity contribution in [2.75, 3.05) is 0 Å². The molecule has 0 heterocycles. The van der Waals surface area contributed by atoms with Gasteiger partial charge in [-0.3, -0.25) is 0 Å². The summed E-state index contributed by atoms with van der Waals surface area (Å²) in [5.41, 5.74) is 1.37. The van der Waals surface area contributed by atoms with Crippen molar-refractivity contribution in [3.05, 3.63) is 25.9 Å². The van der Waals surface area contributed by atoms with Crippen LogP contribution in [0.3, 0.4) is 0 Å². The largest absolute Gasteiger partial charge is 0.0437 e. The maximum atomic E-state index is 2.40. The van der Waals surface area contributed by atoms with E-state index in [9.17, 15) is 0 Å². The highest BCUT2D eigenvalue weighted by molar-refractivity contribution is 14.1. The molecule has 1 aromatic carbocycles. The molecule has 0 aliphatic carbocycles. The lowest BCUT2D eigenvalue weighted by atomic mass is 10.2. The Labute approximate surface area is 121 Å². The molecule has 0 aliphatic rings. The summed E-state index contributed by atoms with van der Waals surface area (Å²) < 4.78 is 5.49. The van der Waals surface area contributed by atoms with Gasteiger partial charge in [-0.05, 0) is 109 Å². The first kappa shape index (κ1) is 11.2. The molecule has 60 valence electrons. The van der Waals surface area contributed by atoms with E-state index >= 15 is 0 Å². The fourth-order valence-electron chi connectivity index (χ4n) is 0.691. The number of rotatable bonds is 0. The van der Waals surface area contributed by atoms with Crippen LogP contribution in [0.25, 0.3) is 0 Å². The molecule has 0 amide bonds. The summed E-state index contributed by atoms with van der Waals surface area (Å²) >= 11 is 9.56. The smallest absolute Gasteiger partial charge is 0.0410 e. The van der Waals surface area contributed by atoms with Crippen molar-refractivity contribution in [3.63, 3.8) is 0 Å². The monoisotopic (exact) mass is 596 g/mol. The predicted molar refractivity (Wildman–Crippen MR) is 82.0 cm³/mol. The Kier molecular flexibility index (Phi) is 4.67. The van der Waals surface area contributed by atoms with Gasteiger partial charge in [0.1, 0.15) is 0 Å². The maximum Gasteiger partial charge on any atom is 0.0410 e. The van der Waals surface area contributed by atoms with Crippen LogP contribution in [0.15, 0.2) is 6.07 Å². The summed E-state index contributed by atoms with van der Waals surface area (Å²) in [6.07, 6.45) is 0. The van der Waals surface area contributed by atoms with Gasteiger partial charge in [-0.25, -0.2) is 0 Å². The van der Waals surface area contributed by atoms with Crippen molar-refractivity contribution in [3.8, 4) is 0 Å². The first-order valence-electron chi connectivity index (χ1n) is 2.83. The van der Waals surface area contributed by atoms with Crippen LogP contribution in [-0.4, -0.2) is 0 Å². The molecule has 0 spiro atoms. The van der Waals surface area contributed by atoms with Crippen LogP contribution in [0.1, 0.15) is 5.56 Å². The lowest BCUT2D eigenvalue weighted by molar-refractivity contribution is 1.35. The van der Waals surface area contributed by atoms with E-state index in [1.54, 1.807) is 0 Å². The number of halogens is 4. The van der Waals surface area contributed by atoms with Crippen molar-refractivity contribution >= 4 is 90.4 Å². The summed E-state index contributed by atoms with van der Waals surface area (Å²) in [5, 5.41) is 0. The molecular formula is C7H4I4. The van der Waals surface area contributed by atoms with Gasteiger partial charge < -0.3 is 0 Å². The zero-order chi connectivity index (χ0) is 8.59. The molecule has 0 aliphatic heterocycles. The molecule has 0 radical (unpaired) electrons. The minimum absolute atomic E-state index is 1.35. The lowest BCUT2D eigenvalue weighted by Crippen LogP contribution is -1.92. The van der Waals surface area contributed by atoms with Crippen LogP contribution in [0.4, 0.5) is 0 Å². The van der Waals surface area contributed by atoms with Gasteiger partial charge in [-0.15, -0.1) is 0 Å². The van der Waals surface area contributed by atoms with Crippen molar-refractivity contribution in [2.24, 2.45) is 0 Å². The number of hydrogen-bond acceptors (Lipinski definition) is 0. The third kappa shape index (κ3) is 2.55. The molecule has 0 aromatic heterocycles. The van der Waals surface area contributed by atoms with Gasteiger partial charge in [-0.1, -0.05) is 0 Å². The molecule has 0 unspecified atom stereocenters. The Hall–Kier alpha value is 2.14. The first-order chi connectivity index (χ1) is 5.04. The van der Waals surface area contributed by atoms with Crippen LogP contribution >= 0.6 is 90.4 Å². The third-order valence-electron chi connectivity index (χ3n) is 1.28.